The lowest BCUT2D eigenvalue weighted by Crippen LogP contribution is -2.01. The number of benzene rings is 8. The molecule has 5 nitrogen and oxygen atoms in total. The van der Waals surface area contributed by atoms with E-state index in [1.807, 2.05) is 30.3 Å². The van der Waals surface area contributed by atoms with Crippen molar-refractivity contribution in [2.45, 2.75) is 0 Å². The Morgan fingerprint density at radius 2 is 0.891 bits per heavy atom. The van der Waals surface area contributed by atoms with Crippen molar-refractivity contribution < 1.29 is 0 Å². The maximum Gasteiger partial charge on any atom is 0.0998 e. The molecule has 3 heterocycles. The van der Waals surface area contributed by atoms with Crippen molar-refractivity contribution in [1.82, 2.24) is 13.7 Å². The molecule has 8 aromatic carbocycles. The van der Waals surface area contributed by atoms with Gasteiger partial charge in [-0.2, -0.15) is 10.5 Å². The Morgan fingerprint density at radius 1 is 0.364 bits per heavy atom. The largest absolute Gasteiger partial charge is 0.309 e. The second kappa shape index (κ2) is 11.8. The smallest absolute Gasteiger partial charge is 0.0998 e. The second-order valence-electron chi connectivity index (χ2n) is 14.0. The maximum atomic E-state index is 10.4. The quantitative estimate of drug-likeness (QED) is 0.184. The molecular formula is C50H29N5. The summed E-state index contributed by atoms with van der Waals surface area (Å²) in [6.07, 6.45) is 0. The molecule has 0 atom stereocenters. The second-order valence-corrected chi connectivity index (χ2v) is 14.0. The van der Waals surface area contributed by atoms with Crippen LogP contribution in [0, 0.1) is 22.7 Å². The first-order valence-electron chi connectivity index (χ1n) is 18.3. The summed E-state index contributed by atoms with van der Waals surface area (Å²) in [5.74, 6) is 0. The van der Waals surface area contributed by atoms with E-state index in [4.69, 9.17) is 0 Å². The molecule has 0 spiro atoms. The van der Waals surface area contributed by atoms with Gasteiger partial charge in [0.1, 0.15) is 0 Å². The van der Waals surface area contributed by atoms with Crippen LogP contribution in [0.15, 0.2) is 176 Å². The van der Waals surface area contributed by atoms with Crippen LogP contribution in [-0.2, 0) is 0 Å². The molecule has 11 aromatic rings. The van der Waals surface area contributed by atoms with Crippen LogP contribution >= 0.6 is 0 Å². The summed E-state index contributed by atoms with van der Waals surface area (Å²) in [7, 11) is 0. The van der Waals surface area contributed by atoms with Crippen LogP contribution in [0.3, 0.4) is 0 Å². The molecule has 55 heavy (non-hydrogen) atoms. The van der Waals surface area contributed by atoms with Crippen LogP contribution in [0.4, 0.5) is 0 Å². The molecule has 0 unspecified atom stereocenters. The Hall–Kier alpha value is -7.86. The molecule has 5 heteroatoms. The molecule has 0 aliphatic heterocycles. The lowest BCUT2D eigenvalue weighted by molar-refractivity contribution is 1.13. The van der Waals surface area contributed by atoms with Crippen molar-refractivity contribution in [3.63, 3.8) is 0 Å². The van der Waals surface area contributed by atoms with Crippen LogP contribution in [0.25, 0.3) is 93.6 Å². The number of nitrogens with zero attached hydrogens (tertiary/aromatic N) is 5. The summed E-state index contributed by atoms with van der Waals surface area (Å²) in [6, 6.07) is 65.9. The van der Waals surface area contributed by atoms with Gasteiger partial charge < -0.3 is 13.7 Å². The predicted molar refractivity (Wildman–Crippen MR) is 224 cm³/mol. The highest BCUT2D eigenvalue weighted by Crippen LogP contribution is 2.41. The number of fused-ring (bicyclic) bond motifs is 9. The molecule has 0 N–H and O–H groups in total. The van der Waals surface area contributed by atoms with Crippen molar-refractivity contribution in [2.24, 2.45) is 0 Å². The molecule has 0 amide bonds. The third kappa shape index (κ3) is 4.45. The lowest BCUT2D eigenvalue weighted by atomic mass is 9.99. The van der Waals surface area contributed by atoms with Crippen LogP contribution < -0.4 is 0 Å². The third-order valence-corrected chi connectivity index (χ3v) is 11.1. The minimum atomic E-state index is 0.600. The summed E-state index contributed by atoms with van der Waals surface area (Å²) in [5, 5.41) is 27.2. The van der Waals surface area contributed by atoms with E-state index in [2.05, 4.69) is 171 Å². The van der Waals surface area contributed by atoms with Gasteiger partial charge in [-0.25, -0.2) is 0 Å². The highest BCUT2D eigenvalue weighted by atomic mass is 15.1. The van der Waals surface area contributed by atoms with Gasteiger partial charge >= 0.3 is 0 Å². The third-order valence-electron chi connectivity index (χ3n) is 11.1. The van der Waals surface area contributed by atoms with Gasteiger partial charge in [-0.15, -0.1) is 0 Å². The Bertz CT molecular complexity index is 3350. The molecule has 3 aromatic heterocycles. The van der Waals surface area contributed by atoms with Gasteiger partial charge in [0, 0.05) is 49.3 Å². The summed E-state index contributed by atoms with van der Waals surface area (Å²) >= 11 is 0. The maximum absolute atomic E-state index is 10.4. The van der Waals surface area contributed by atoms with Gasteiger partial charge in [-0.1, -0.05) is 97.1 Å². The summed E-state index contributed by atoms with van der Waals surface area (Å²) in [6.45, 7) is 0. The van der Waals surface area contributed by atoms with Crippen molar-refractivity contribution in [1.29, 1.82) is 10.5 Å². The Kier molecular flexibility index (Phi) is 6.61. The molecule has 0 fully saturated rings. The summed E-state index contributed by atoms with van der Waals surface area (Å²) < 4.78 is 6.95. The molecule has 0 aliphatic rings. The van der Waals surface area contributed by atoms with E-state index in [9.17, 15) is 10.5 Å². The fraction of sp³-hybridized carbons (Fsp3) is 0. The first-order chi connectivity index (χ1) is 27.2. The van der Waals surface area contributed by atoms with Gasteiger partial charge in [0.2, 0.25) is 0 Å². The highest BCUT2D eigenvalue weighted by Gasteiger charge is 2.21. The molecule has 0 radical (unpaired) electrons. The van der Waals surface area contributed by atoms with Gasteiger partial charge in [0.05, 0.1) is 62.1 Å². The predicted octanol–water partition coefficient (Wildman–Crippen LogP) is 12.4. The zero-order chi connectivity index (χ0) is 36.6. The molecule has 0 bridgehead atoms. The van der Waals surface area contributed by atoms with Gasteiger partial charge in [-0.3, -0.25) is 0 Å². The van der Waals surface area contributed by atoms with Gasteiger partial charge in [-0.05, 0) is 84.4 Å². The summed E-state index contributed by atoms with van der Waals surface area (Å²) in [4.78, 5) is 0. The van der Waals surface area contributed by atoms with Crippen molar-refractivity contribution in [3.05, 3.63) is 187 Å². The minimum Gasteiger partial charge on any atom is -0.309 e. The van der Waals surface area contributed by atoms with Gasteiger partial charge in [0.15, 0.2) is 0 Å². The van der Waals surface area contributed by atoms with E-state index < -0.39 is 0 Å². The number of hydrogen-bond donors (Lipinski definition) is 0. The van der Waals surface area contributed by atoms with E-state index in [0.29, 0.717) is 11.1 Å². The Balaban J connectivity index is 1.15. The number of aromatic nitrogens is 3. The molecule has 0 aliphatic carbocycles. The number of rotatable bonds is 4. The first-order valence-corrected chi connectivity index (χ1v) is 18.3. The fourth-order valence-electron chi connectivity index (χ4n) is 8.75. The van der Waals surface area contributed by atoms with E-state index in [0.717, 1.165) is 72.1 Å². The van der Waals surface area contributed by atoms with Crippen LogP contribution in [0.2, 0.25) is 0 Å². The first kappa shape index (κ1) is 30.7. The SMILES string of the molecule is N#Cc1ccc2c(c1)c1cccc(-n3c4ccccc4c4ccccc43)c1n2-c1ccc(C#N)c(-c2ccc(-n3c4ccccc4c4ccccc43)cc2)c1. The molecule has 0 saturated heterocycles. The number of para-hydroxylation sites is 5. The normalized spacial score (nSPS) is 11.6. The standard InChI is InChI=1S/C50H29N5/c51-30-32-20-27-48-43(28-32)41-14-9-19-49(55-46-17-7-3-12-39(46)40-13-4-8-18-47(40)55)50(41)54(48)36-26-23-34(31-52)42(29-36)33-21-24-35(25-22-33)53-44-15-5-1-10-37(44)38-11-2-6-16-45(38)53/h1-29H. The zero-order valence-electron chi connectivity index (χ0n) is 29.5. The number of hydrogen-bond acceptors (Lipinski definition) is 2. The van der Waals surface area contributed by atoms with Crippen molar-refractivity contribution >= 4 is 65.4 Å². The van der Waals surface area contributed by atoms with Crippen molar-refractivity contribution in [3.8, 4) is 40.3 Å². The van der Waals surface area contributed by atoms with Crippen molar-refractivity contribution in [2.75, 3.05) is 0 Å². The monoisotopic (exact) mass is 699 g/mol. The van der Waals surface area contributed by atoms with E-state index in [1.165, 1.54) is 21.5 Å². The molecule has 11 rings (SSSR count). The Labute approximate surface area is 316 Å². The van der Waals surface area contributed by atoms with E-state index in [1.54, 1.807) is 0 Å². The number of nitriles is 2. The van der Waals surface area contributed by atoms with Crippen LogP contribution in [-0.4, -0.2) is 13.7 Å². The molecule has 0 saturated carbocycles. The van der Waals surface area contributed by atoms with E-state index in [-0.39, 0.29) is 0 Å². The topological polar surface area (TPSA) is 62.4 Å². The molecule has 254 valence electrons. The highest BCUT2D eigenvalue weighted by molar-refractivity contribution is 6.15. The molecular weight excluding hydrogens is 671 g/mol. The fourth-order valence-corrected chi connectivity index (χ4v) is 8.75. The Morgan fingerprint density at radius 3 is 1.47 bits per heavy atom. The average molecular weight is 700 g/mol. The minimum absolute atomic E-state index is 0.600. The van der Waals surface area contributed by atoms with Gasteiger partial charge in [0.25, 0.3) is 0 Å². The van der Waals surface area contributed by atoms with Crippen LogP contribution in [0.1, 0.15) is 11.1 Å². The average Bonchev–Trinajstić information content (AvgIpc) is 3.89. The summed E-state index contributed by atoms with van der Waals surface area (Å²) in [5.41, 5.74) is 12.6. The lowest BCUT2D eigenvalue weighted by Gasteiger charge is -2.16. The zero-order valence-corrected chi connectivity index (χ0v) is 29.5. The van der Waals surface area contributed by atoms with E-state index >= 15 is 0 Å². The van der Waals surface area contributed by atoms with Crippen LogP contribution in [0.5, 0.6) is 0 Å².